The summed E-state index contributed by atoms with van der Waals surface area (Å²) in [5, 5.41) is 10.9. The van der Waals surface area contributed by atoms with E-state index in [-0.39, 0.29) is 23.4 Å². The van der Waals surface area contributed by atoms with Gasteiger partial charge in [-0.05, 0) is 42.9 Å². The summed E-state index contributed by atoms with van der Waals surface area (Å²) in [5.74, 6) is 1.22. The van der Waals surface area contributed by atoms with Crippen molar-refractivity contribution in [2.45, 2.75) is 37.2 Å². The molecule has 2 fully saturated rings. The molecule has 0 unspecified atom stereocenters. The molecule has 2 aliphatic carbocycles. The highest BCUT2D eigenvalue weighted by molar-refractivity contribution is 6.06. The highest BCUT2D eigenvalue weighted by atomic mass is 16.5. The Morgan fingerprint density at radius 1 is 1.04 bits per heavy atom. The fourth-order valence-corrected chi connectivity index (χ4v) is 5.16. The Morgan fingerprint density at radius 3 is 2.64 bits per heavy atom. The number of rotatable bonds is 1. The maximum atomic E-state index is 13.1. The number of ether oxygens (including phenoxy) is 1. The average Bonchev–Trinajstić information content (AvgIpc) is 3.05. The molecule has 0 aromatic heterocycles. The molecule has 3 heteroatoms. The summed E-state index contributed by atoms with van der Waals surface area (Å²) in [7, 11) is 0. The largest absolute Gasteiger partial charge is 0.507 e. The van der Waals surface area contributed by atoms with Crippen molar-refractivity contribution in [3.05, 3.63) is 71.3 Å². The van der Waals surface area contributed by atoms with E-state index in [2.05, 4.69) is 12.1 Å². The zero-order valence-corrected chi connectivity index (χ0v) is 13.9. The molecular formula is C22H20O3. The van der Waals surface area contributed by atoms with E-state index in [4.69, 9.17) is 4.74 Å². The van der Waals surface area contributed by atoms with E-state index in [0.29, 0.717) is 23.3 Å². The molecule has 0 amide bonds. The third-order valence-corrected chi connectivity index (χ3v) is 6.15. The van der Waals surface area contributed by atoms with Gasteiger partial charge in [0.15, 0.2) is 5.78 Å². The van der Waals surface area contributed by atoms with Crippen LogP contribution in [-0.2, 0) is 4.79 Å². The second-order valence-electron chi connectivity index (χ2n) is 7.35. The predicted molar refractivity (Wildman–Crippen MR) is 95.5 cm³/mol. The lowest BCUT2D eigenvalue weighted by Gasteiger charge is -2.47. The van der Waals surface area contributed by atoms with Crippen LogP contribution in [0.1, 0.15) is 42.7 Å². The minimum Gasteiger partial charge on any atom is -0.507 e. The number of carbonyl (C=O) groups is 1. The molecule has 2 aromatic rings. The Morgan fingerprint density at radius 2 is 1.80 bits per heavy atom. The number of hydrogen-bond donors (Lipinski definition) is 1. The predicted octanol–water partition coefficient (Wildman–Crippen LogP) is 4.64. The maximum absolute atomic E-state index is 13.1. The second-order valence-corrected chi connectivity index (χ2v) is 7.35. The first-order valence-electron chi connectivity index (χ1n) is 9.01. The van der Waals surface area contributed by atoms with Gasteiger partial charge in [-0.1, -0.05) is 42.5 Å². The van der Waals surface area contributed by atoms with Crippen molar-refractivity contribution in [2.24, 2.45) is 5.92 Å². The van der Waals surface area contributed by atoms with Gasteiger partial charge in [-0.3, -0.25) is 4.79 Å². The van der Waals surface area contributed by atoms with Crippen LogP contribution < -0.4 is 4.74 Å². The van der Waals surface area contributed by atoms with Crippen LogP contribution in [0.4, 0.5) is 0 Å². The first kappa shape index (κ1) is 14.8. The van der Waals surface area contributed by atoms with Gasteiger partial charge >= 0.3 is 0 Å². The number of benzene rings is 2. The van der Waals surface area contributed by atoms with Gasteiger partial charge < -0.3 is 9.84 Å². The molecule has 0 saturated heterocycles. The van der Waals surface area contributed by atoms with Crippen LogP contribution in [0.15, 0.2) is 60.2 Å². The highest BCUT2D eigenvalue weighted by Crippen LogP contribution is 2.58. The van der Waals surface area contributed by atoms with Crippen molar-refractivity contribution in [1.29, 1.82) is 0 Å². The Kier molecular flexibility index (Phi) is 3.08. The third kappa shape index (κ3) is 1.95. The summed E-state index contributed by atoms with van der Waals surface area (Å²) >= 11 is 0. The molecule has 1 heterocycles. The molecule has 3 nitrogen and oxygen atoms in total. The molecule has 1 N–H and O–H groups in total. The van der Waals surface area contributed by atoms with Crippen LogP contribution in [0.25, 0.3) is 5.76 Å². The number of fused-ring (bicyclic) bond motifs is 1. The molecular weight excluding hydrogens is 312 g/mol. The molecule has 1 spiro atoms. The van der Waals surface area contributed by atoms with Gasteiger partial charge in [0.2, 0.25) is 0 Å². The summed E-state index contributed by atoms with van der Waals surface area (Å²) < 4.78 is 6.50. The molecule has 0 radical (unpaired) electrons. The van der Waals surface area contributed by atoms with Gasteiger partial charge in [-0.2, -0.15) is 0 Å². The van der Waals surface area contributed by atoms with Crippen LogP contribution in [0.3, 0.4) is 0 Å². The molecule has 2 saturated carbocycles. The van der Waals surface area contributed by atoms with Crippen LogP contribution in [0.2, 0.25) is 0 Å². The van der Waals surface area contributed by atoms with Crippen molar-refractivity contribution in [3.63, 3.8) is 0 Å². The first-order valence-corrected chi connectivity index (χ1v) is 9.01. The van der Waals surface area contributed by atoms with Crippen LogP contribution in [0.5, 0.6) is 5.75 Å². The van der Waals surface area contributed by atoms with Gasteiger partial charge in [0.05, 0.1) is 11.1 Å². The topological polar surface area (TPSA) is 46.5 Å². The van der Waals surface area contributed by atoms with Crippen molar-refractivity contribution >= 4 is 11.5 Å². The zero-order valence-electron chi connectivity index (χ0n) is 13.9. The summed E-state index contributed by atoms with van der Waals surface area (Å²) in [4.78, 5) is 13.1. The number of carbonyl (C=O) groups excluding carboxylic acids is 1. The normalized spacial score (nSPS) is 30.3. The van der Waals surface area contributed by atoms with Gasteiger partial charge in [0.1, 0.15) is 17.1 Å². The van der Waals surface area contributed by atoms with E-state index in [1.165, 1.54) is 5.56 Å². The Labute approximate surface area is 147 Å². The first-order chi connectivity index (χ1) is 12.2. The Bertz CT molecular complexity index is 883. The number of ketones is 1. The number of para-hydroxylation sites is 1. The Balaban J connectivity index is 1.69. The van der Waals surface area contributed by atoms with E-state index < -0.39 is 5.60 Å². The van der Waals surface area contributed by atoms with E-state index in [1.54, 1.807) is 0 Å². The fraction of sp³-hybridized carbons (Fsp3) is 0.318. The highest BCUT2D eigenvalue weighted by Gasteiger charge is 2.59. The summed E-state index contributed by atoms with van der Waals surface area (Å²) in [6.45, 7) is 0. The lowest BCUT2D eigenvalue weighted by atomic mass is 9.64. The lowest BCUT2D eigenvalue weighted by Crippen LogP contribution is -2.52. The van der Waals surface area contributed by atoms with E-state index in [0.717, 1.165) is 19.3 Å². The van der Waals surface area contributed by atoms with Gasteiger partial charge in [0, 0.05) is 12.3 Å². The van der Waals surface area contributed by atoms with Crippen molar-refractivity contribution in [2.75, 3.05) is 0 Å². The van der Waals surface area contributed by atoms with E-state index in [1.807, 2.05) is 42.5 Å². The molecule has 126 valence electrons. The van der Waals surface area contributed by atoms with Gasteiger partial charge in [-0.25, -0.2) is 0 Å². The summed E-state index contributed by atoms with van der Waals surface area (Å²) in [6.07, 6.45) is 3.27. The zero-order chi connectivity index (χ0) is 17.0. The maximum Gasteiger partial charge on any atom is 0.167 e. The monoisotopic (exact) mass is 332 g/mol. The molecule has 3 atom stereocenters. The summed E-state index contributed by atoms with van der Waals surface area (Å²) in [5.41, 5.74) is 1.68. The minimum absolute atomic E-state index is 0.0269. The SMILES string of the molecule is O=C1C[C@@H](c2ccccc2)[C@@H]2CCC[C@@]23Oc2ccccc2C(O)=C13. The molecule has 1 aliphatic heterocycles. The second kappa shape index (κ2) is 5.22. The van der Waals surface area contributed by atoms with Crippen molar-refractivity contribution in [3.8, 4) is 5.75 Å². The quantitative estimate of drug-likeness (QED) is 0.827. The molecule has 3 aliphatic rings. The molecule has 5 rings (SSSR count). The van der Waals surface area contributed by atoms with Crippen LogP contribution >= 0.6 is 0 Å². The van der Waals surface area contributed by atoms with Crippen molar-refractivity contribution < 1.29 is 14.6 Å². The smallest absolute Gasteiger partial charge is 0.167 e. The number of hydrogen-bond acceptors (Lipinski definition) is 3. The van der Waals surface area contributed by atoms with Gasteiger partial charge in [-0.15, -0.1) is 0 Å². The van der Waals surface area contributed by atoms with Gasteiger partial charge in [0.25, 0.3) is 0 Å². The third-order valence-electron chi connectivity index (χ3n) is 6.15. The van der Waals surface area contributed by atoms with E-state index in [9.17, 15) is 9.90 Å². The molecule has 25 heavy (non-hydrogen) atoms. The van der Waals surface area contributed by atoms with Crippen molar-refractivity contribution in [1.82, 2.24) is 0 Å². The number of Topliss-reactive ketones (excluding diaryl/α,β-unsaturated/α-hetero) is 1. The lowest BCUT2D eigenvalue weighted by molar-refractivity contribution is -0.122. The van der Waals surface area contributed by atoms with Crippen LogP contribution in [-0.4, -0.2) is 16.5 Å². The number of aliphatic hydroxyl groups is 1. The molecule has 0 bridgehead atoms. The Hall–Kier alpha value is -2.55. The summed E-state index contributed by atoms with van der Waals surface area (Å²) in [6, 6.07) is 17.8. The minimum atomic E-state index is -0.672. The average molecular weight is 332 g/mol. The fourth-order valence-electron chi connectivity index (χ4n) is 5.16. The number of aliphatic hydroxyl groups excluding tert-OH is 1. The van der Waals surface area contributed by atoms with Crippen LogP contribution in [0, 0.1) is 5.92 Å². The molecule has 2 aromatic carbocycles. The van der Waals surface area contributed by atoms with E-state index >= 15 is 0 Å². The standard InChI is InChI=1S/C22H20O3/c23-18-13-16(14-7-2-1-3-8-14)17-10-6-12-22(17)20(18)21(24)15-9-4-5-11-19(15)25-22/h1-5,7-9,11,16-17,24H,6,10,12-13H2/t16-,17-,22+/m0/s1.